The van der Waals surface area contributed by atoms with Crippen LogP contribution in [-0.2, 0) is 13.0 Å². The second kappa shape index (κ2) is 6.74. The number of nitrogens with one attached hydrogen (secondary N) is 2. The number of hydrogen-bond acceptors (Lipinski definition) is 4. The number of rotatable bonds is 3. The fraction of sp³-hybridized carbons (Fsp3) is 0.316. The molecule has 0 fully saturated rings. The van der Waals surface area contributed by atoms with Gasteiger partial charge in [-0.2, -0.15) is 5.10 Å². The number of H-pyrrole nitrogens is 2. The second-order valence-corrected chi connectivity index (χ2v) is 7.22. The van der Waals surface area contributed by atoms with E-state index in [9.17, 15) is 9.59 Å². The highest BCUT2D eigenvalue weighted by atomic mass is 35.5. The average Bonchev–Trinajstić information content (AvgIpc) is 3.00. The van der Waals surface area contributed by atoms with E-state index in [4.69, 9.17) is 11.6 Å². The Morgan fingerprint density at radius 2 is 2.00 bits per heavy atom. The van der Waals surface area contributed by atoms with Crippen molar-refractivity contribution in [2.24, 2.45) is 0 Å². The van der Waals surface area contributed by atoms with Crippen LogP contribution in [0.15, 0.2) is 40.1 Å². The van der Waals surface area contributed by atoms with Gasteiger partial charge in [0.25, 0.3) is 11.1 Å². The first kappa shape index (κ1) is 17.6. The van der Waals surface area contributed by atoms with Crippen LogP contribution in [0.2, 0.25) is 5.02 Å². The number of nitrogens with zero attached hydrogens (tertiary/aromatic N) is 3. The Morgan fingerprint density at radius 1 is 1.22 bits per heavy atom. The Bertz CT molecular complexity index is 1110. The lowest BCUT2D eigenvalue weighted by molar-refractivity contribution is 0.524. The standard InChI is InChI=1S/C19H20ClN5O2/c1-11-5-3-4-6-13(11)12(2)25-15-7-8-24(10-14(15)18(26)23-25)16-9-21-22-19(27)17(16)20/h3-6,9,12H,7-8,10H2,1-2H3,(H,22,27)(H,23,26)/t12-/m1/s1. The molecule has 27 heavy (non-hydrogen) atoms. The lowest BCUT2D eigenvalue weighted by Gasteiger charge is -2.30. The maximum absolute atomic E-state index is 12.6. The van der Waals surface area contributed by atoms with E-state index in [1.54, 1.807) is 0 Å². The first-order chi connectivity index (χ1) is 13.0. The maximum atomic E-state index is 12.6. The SMILES string of the molecule is Cc1ccccc1[C@@H](C)n1[nH]c(=O)c2c1CCN(c1cn[nH]c(=O)c1Cl)C2. The molecule has 0 radical (unpaired) electrons. The predicted molar refractivity (Wildman–Crippen MR) is 105 cm³/mol. The van der Waals surface area contributed by atoms with Crippen LogP contribution in [0.1, 0.15) is 35.3 Å². The van der Waals surface area contributed by atoms with Gasteiger partial charge in [0.1, 0.15) is 5.02 Å². The summed E-state index contributed by atoms with van der Waals surface area (Å²) in [6.45, 7) is 5.20. The van der Waals surface area contributed by atoms with Crippen molar-refractivity contribution in [1.29, 1.82) is 0 Å². The monoisotopic (exact) mass is 385 g/mol. The number of aryl methyl sites for hydroxylation is 1. The van der Waals surface area contributed by atoms with Crippen LogP contribution in [0, 0.1) is 6.92 Å². The van der Waals surface area contributed by atoms with Gasteiger partial charge in [-0.1, -0.05) is 35.9 Å². The van der Waals surface area contributed by atoms with Gasteiger partial charge in [-0.25, -0.2) is 5.10 Å². The highest BCUT2D eigenvalue weighted by Crippen LogP contribution is 2.29. The summed E-state index contributed by atoms with van der Waals surface area (Å²) in [6, 6.07) is 8.21. The van der Waals surface area contributed by atoms with Crippen LogP contribution < -0.4 is 16.0 Å². The van der Waals surface area contributed by atoms with Crippen LogP contribution >= 0.6 is 11.6 Å². The van der Waals surface area contributed by atoms with Gasteiger partial charge in [0, 0.05) is 18.7 Å². The van der Waals surface area contributed by atoms with Crippen LogP contribution in [0.4, 0.5) is 5.69 Å². The molecule has 3 aromatic rings. The molecule has 7 nitrogen and oxygen atoms in total. The molecule has 0 saturated heterocycles. The summed E-state index contributed by atoms with van der Waals surface area (Å²) in [7, 11) is 0. The van der Waals surface area contributed by atoms with Crippen molar-refractivity contribution in [1.82, 2.24) is 20.0 Å². The van der Waals surface area contributed by atoms with Crippen molar-refractivity contribution in [3.63, 3.8) is 0 Å². The molecule has 1 aliphatic heterocycles. The number of aromatic amines is 2. The van der Waals surface area contributed by atoms with Crippen molar-refractivity contribution in [2.75, 3.05) is 11.4 Å². The number of halogens is 1. The first-order valence-electron chi connectivity index (χ1n) is 8.83. The minimum atomic E-state index is -0.431. The molecule has 2 aromatic heterocycles. The summed E-state index contributed by atoms with van der Waals surface area (Å²) in [5.74, 6) is 0. The van der Waals surface area contributed by atoms with Crippen molar-refractivity contribution in [2.45, 2.75) is 32.9 Å². The highest BCUT2D eigenvalue weighted by molar-refractivity contribution is 6.32. The minimum absolute atomic E-state index is 0.0269. The predicted octanol–water partition coefficient (Wildman–Crippen LogP) is 2.39. The Morgan fingerprint density at radius 3 is 2.78 bits per heavy atom. The van der Waals surface area contributed by atoms with Gasteiger partial charge < -0.3 is 4.90 Å². The molecule has 0 aliphatic carbocycles. The van der Waals surface area contributed by atoms with E-state index in [1.165, 1.54) is 17.3 Å². The first-order valence-corrected chi connectivity index (χ1v) is 9.21. The maximum Gasteiger partial charge on any atom is 0.285 e. The van der Waals surface area contributed by atoms with E-state index < -0.39 is 5.56 Å². The van der Waals surface area contributed by atoms with E-state index in [0.29, 0.717) is 30.8 Å². The molecule has 1 aromatic carbocycles. The molecule has 0 bridgehead atoms. The molecule has 1 atom stereocenters. The van der Waals surface area contributed by atoms with Crippen LogP contribution in [0.5, 0.6) is 0 Å². The van der Waals surface area contributed by atoms with Gasteiger partial charge in [-0.05, 0) is 25.0 Å². The Hall–Kier alpha value is -2.80. The molecular formula is C19H20ClN5O2. The summed E-state index contributed by atoms with van der Waals surface area (Å²) in [5.41, 5.74) is 4.08. The Kier molecular flexibility index (Phi) is 4.39. The van der Waals surface area contributed by atoms with Crippen molar-refractivity contribution >= 4 is 17.3 Å². The number of hydrogen-bond donors (Lipinski definition) is 2. The zero-order valence-electron chi connectivity index (χ0n) is 15.1. The molecule has 4 rings (SSSR count). The second-order valence-electron chi connectivity index (χ2n) is 6.84. The normalized spacial score (nSPS) is 14.9. The molecule has 8 heteroatoms. The topological polar surface area (TPSA) is 86.8 Å². The van der Waals surface area contributed by atoms with E-state index in [0.717, 1.165) is 5.69 Å². The Labute approximate surface area is 160 Å². The zero-order valence-corrected chi connectivity index (χ0v) is 15.9. The number of aromatic nitrogens is 4. The molecule has 2 N–H and O–H groups in total. The molecule has 3 heterocycles. The Balaban J connectivity index is 1.71. The van der Waals surface area contributed by atoms with Gasteiger partial charge in [0.2, 0.25) is 0 Å². The van der Waals surface area contributed by atoms with Crippen LogP contribution in [0.25, 0.3) is 0 Å². The van der Waals surface area contributed by atoms with E-state index >= 15 is 0 Å². The fourth-order valence-corrected chi connectivity index (χ4v) is 4.00. The smallest absolute Gasteiger partial charge is 0.285 e. The van der Waals surface area contributed by atoms with Gasteiger partial charge in [-0.3, -0.25) is 19.4 Å². The zero-order chi connectivity index (χ0) is 19.1. The summed E-state index contributed by atoms with van der Waals surface area (Å²) in [6.07, 6.45) is 2.20. The van der Waals surface area contributed by atoms with Gasteiger partial charge in [0.15, 0.2) is 0 Å². The van der Waals surface area contributed by atoms with E-state index in [1.807, 2.05) is 21.7 Å². The van der Waals surface area contributed by atoms with Crippen molar-refractivity contribution < 1.29 is 0 Å². The third-order valence-electron chi connectivity index (χ3n) is 5.25. The molecule has 140 valence electrons. The summed E-state index contributed by atoms with van der Waals surface area (Å²) < 4.78 is 1.97. The number of fused-ring (bicyclic) bond motifs is 1. The lowest BCUT2D eigenvalue weighted by Crippen LogP contribution is -2.34. The molecule has 0 spiro atoms. The quantitative estimate of drug-likeness (QED) is 0.724. The molecule has 0 amide bonds. The largest absolute Gasteiger partial charge is 0.364 e. The lowest BCUT2D eigenvalue weighted by atomic mass is 10.0. The third-order valence-corrected chi connectivity index (χ3v) is 5.61. The van der Waals surface area contributed by atoms with E-state index in [2.05, 4.69) is 41.3 Å². The minimum Gasteiger partial charge on any atom is -0.364 e. The van der Waals surface area contributed by atoms with Gasteiger partial charge in [0.05, 0.1) is 30.0 Å². The van der Waals surface area contributed by atoms with Crippen molar-refractivity contribution in [3.8, 4) is 0 Å². The van der Waals surface area contributed by atoms with Gasteiger partial charge >= 0.3 is 0 Å². The van der Waals surface area contributed by atoms with Crippen LogP contribution in [0.3, 0.4) is 0 Å². The number of anilines is 1. The molecule has 0 saturated carbocycles. The average molecular weight is 386 g/mol. The third kappa shape index (κ3) is 2.98. The van der Waals surface area contributed by atoms with E-state index in [-0.39, 0.29) is 16.6 Å². The molecule has 1 aliphatic rings. The summed E-state index contributed by atoms with van der Waals surface area (Å²) in [5, 5.41) is 9.23. The summed E-state index contributed by atoms with van der Waals surface area (Å²) >= 11 is 6.13. The highest BCUT2D eigenvalue weighted by Gasteiger charge is 2.27. The number of benzene rings is 1. The molecular weight excluding hydrogens is 366 g/mol. The fourth-order valence-electron chi connectivity index (χ4n) is 3.79. The summed E-state index contributed by atoms with van der Waals surface area (Å²) in [4.78, 5) is 26.3. The van der Waals surface area contributed by atoms with Crippen LogP contribution in [-0.4, -0.2) is 26.5 Å². The molecule has 0 unspecified atom stereocenters. The van der Waals surface area contributed by atoms with Crippen molar-refractivity contribution in [3.05, 3.63) is 78.6 Å². The van der Waals surface area contributed by atoms with Gasteiger partial charge in [-0.15, -0.1) is 0 Å².